The molecule has 2 atom stereocenters. The van der Waals surface area contributed by atoms with Crippen LogP contribution < -0.4 is 11.1 Å². The number of nitrogens with two attached hydrogens (primary N) is 1. The second-order valence-electron chi connectivity index (χ2n) is 5.78. The van der Waals surface area contributed by atoms with Gasteiger partial charge in [0.15, 0.2) is 5.82 Å². The van der Waals surface area contributed by atoms with Gasteiger partial charge in [0.2, 0.25) is 5.91 Å². The Morgan fingerprint density at radius 3 is 2.91 bits per heavy atom. The first-order valence-electron chi connectivity index (χ1n) is 7.69. The molecule has 3 rings (SSSR count). The van der Waals surface area contributed by atoms with E-state index in [0.717, 1.165) is 24.8 Å². The fourth-order valence-electron chi connectivity index (χ4n) is 3.07. The van der Waals surface area contributed by atoms with Crippen molar-refractivity contribution >= 4 is 11.7 Å². The van der Waals surface area contributed by atoms with E-state index >= 15 is 0 Å². The normalized spacial score (nSPS) is 21.0. The number of hydrogen-bond acceptors (Lipinski definition) is 4. The summed E-state index contributed by atoms with van der Waals surface area (Å²) in [6.45, 7) is 1.24. The van der Waals surface area contributed by atoms with E-state index in [9.17, 15) is 4.79 Å². The number of anilines is 1. The van der Waals surface area contributed by atoms with Gasteiger partial charge < -0.3 is 11.1 Å². The van der Waals surface area contributed by atoms with Gasteiger partial charge in [-0.05, 0) is 43.0 Å². The van der Waals surface area contributed by atoms with Crippen molar-refractivity contribution in [2.24, 2.45) is 17.6 Å². The molecule has 0 bridgehead atoms. The molecule has 0 spiro atoms. The number of aromatic nitrogens is 3. The topological polar surface area (TPSA) is 85.8 Å². The molecule has 0 saturated heterocycles. The second-order valence-corrected chi connectivity index (χ2v) is 5.78. The predicted molar refractivity (Wildman–Crippen MR) is 84.1 cm³/mol. The van der Waals surface area contributed by atoms with E-state index in [-0.39, 0.29) is 11.8 Å². The molecule has 0 aliphatic heterocycles. The predicted octanol–water partition coefficient (Wildman–Crippen LogP) is 1.64. The van der Waals surface area contributed by atoms with Gasteiger partial charge in [-0.3, -0.25) is 14.5 Å². The van der Waals surface area contributed by atoms with Gasteiger partial charge in [-0.2, -0.15) is 5.10 Å². The molecule has 2 heterocycles. The Bertz CT molecular complexity index is 624. The molecule has 6 heteroatoms. The van der Waals surface area contributed by atoms with Crippen molar-refractivity contribution in [3.8, 4) is 0 Å². The Hall–Kier alpha value is -2.21. The van der Waals surface area contributed by atoms with Gasteiger partial charge >= 0.3 is 0 Å². The van der Waals surface area contributed by atoms with E-state index < -0.39 is 0 Å². The van der Waals surface area contributed by atoms with Crippen LogP contribution in [-0.2, 0) is 11.3 Å². The molecule has 6 nitrogen and oxygen atoms in total. The summed E-state index contributed by atoms with van der Waals surface area (Å²) in [4.78, 5) is 16.3. The van der Waals surface area contributed by atoms with Crippen LogP contribution in [0.25, 0.3) is 0 Å². The molecule has 2 aromatic heterocycles. The summed E-state index contributed by atoms with van der Waals surface area (Å²) in [5, 5.41) is 7.32. The van der Waals surface area contributed by atoms with E-state index in [1.165, 1.54) is 0 Å². The monoisotopic (exact) mass is 299 g/mol. The molecule has 22 heavy (non-hydrogen) atoms. The van der Waals surface area contributed by atoms with Gasteiger partial charge in [0.1, 0.15) is 0 Å². The van der Waals surface area contributed by atoms with Crippen LogP contribution in [0.2, 0.25) is 0 Å². The average molecular weight is 299 g/mol. The van der Waals surface area contributed by atoms with Crippen molar-refractivity contribution in [1.82, 2.24) is 14.8 Å². The number of carbonyl (C=O) groups is 1. The quantitative estimate of drug-likeness (QED) is 0.879. The molecule has 1 aliphatic rings. The summed E-state index contributed by atoms with van der Waals surface area (Å²) in [5.74, 6) is 0.970. The van der Waals surface area contributed by atoms with E-state index in [2.05, 4.69) is 15.4 Å². The fourth-order valence-corrected chi connectivity index (χ4v) is 3.07. The summed E-state index contributed by atoms with van der Waals surface area (Å²) in [6.07, 6.45) is 8.43. The standard InChI is InChI=1S/C16H21N5O/c17-10-13-2-1-3-14(13)16(22)19-15-6-9-21(20-15)11-12-4-7-18-8-5-12/h4-9,13-14H,1-3,10-11,17H2,(H,19,20,22)/t13-,14-/m1/s1. The number of carbonyl (C=O) groups excluding carboxylic acids is 1. The highest BCUT2D eigenvalue weighted by Gasteiger charge is 2.32. The Kier molecular flexibility index (Phi) is 4.48. The molecule has 116 valence electrons. The fraction of sp³-hybridized carbons (Fsp3) is 0.438. The number of pyridine rings is 1. The van der Waals surface area contributed by atoms with E-state index in [1.54, 1.807) is 17.1 Å². The molecular weight excluding hydrogens is 278 g/mol. The van der Waals surface area contributed by atoms with Crippen LogP contribution in [0.4, 0.5) is 5.82 Å². The molecule has 1 saturated carbocycles. The van der Waals surface area contributed by atoms with Gasteiger partial charge in [0, 0.05) is 30.6 Å². The van der Waals surface area contributed by atoms with Gasteiger partial charge in [0.25, 0.3) is 0 Å². The average Bonchev–Trinajstić information content (AvgIpc) is 3.17. The molecule has 0 radical (unpaired) electrons. The maximum absolute atomic E-state index is 12.3. The minimum absolute atomic E-state index is 0.0235. The number of hydrogen-bond donors (Lipinski definition) is 2. The Morgan fingerprint density at radius 1 is 1.32 bits per heavy atom. The maximum Gasteiger partial charge on any atom is 0.229 e. The van der Waals surface area contributed by atoms with Crippen LogP contribution in [0.15, 0.2) is 36.8 Å². The summed E-state index contributed by atoms with van der Waals surface area (Å²) in [7, 11) is 0. The zero-order chi connectivity index (χ0) is 15.4. The van der Waals surface area contributed by atoms with Gasteiger partial charge in [-0.1, -0.05) is 6.42 Å². The molecular formula is C16H21N5O. The van der Waals surface area contributed by atoms with Crippen LogP contribution in [0.3, 0.4) is 0 Å². The lowest BCUT2D eigenvalue weighted by molar-refractivity contribution is -0.120. The first-order valence-corrected chi connectivity index (χ1v) is 7.69. The van der Waals surface area contributed by atoms with Crippen LogP contribution in [0.1, 0.15) is 24.8 Å². The summed E-state index contributed by atoms with van der Waals surface area (Å²) < 4.78 is 1.81. The first-order chi connectivity index (χ1) is 10.8. The molecule has 2 aromatic rings. The van der Waals surface area contributed by atoms with Crippen LogP contribution >= 0.6 is 0 Å². The molecule has 0 aromatic carbocycles. The molecule has 0 unspecified atom stereocenters. The highest BCUT2D eigenvalue weighted by Crippen LogP contribution is 2.31. The van der Waals surface area contributed by atoms with Crippen molar-refractivity contribution in [2.45, 2.75) is 25.8 Å². The molecule has 3 N–H and O–H groups in total. The number of nitrogens with one attached hydrogen (secondary N) is 1. The largest absolute Gasteiger partial charge is 0.330 e. The smallest absolute Gasteiger partial charge is 0.229 e. The van der Waals surface area contributed by atoms with Crippen molar-refractivity contribution in [3.63, 3.8) is 0 Å². The number of amides is 1. The van der Waals surface area contributed by atoms with Crippen molar-refractivity contribution in [2.75, 3.05) is 11.9 Å². The summed E-state index contributed by atoms with van der Waals surface area (Å²) in [5.41, 5.74) is 6.86. The minimum atomic E-state index is 0.0235. The van der Waals surface area contributed by atoms with Crippen LogP contribution in [-0.4, -0.2) is 27.2 Å². The molecule has 1 fully saturated rings. The Labute approximate surface area is 129 Å². The van der Waals surface area contributed by atoms with E-state index in [1.807, 2.05) is 24.4 Å². The van der Waals surface area contributed by atoms with Crippen molar-refractivity contribution in [3.05, 3.63) is 42.4 Å². The Morgan fingerprint density at radius 2 is 2.14 bits per heavy atom. The lowest BCUT2D eigenvalue weighted by Gasteiger charge is -2.16. The third-order valence-corrected chi connectivity index (χ3v) is 4.28. The van der Waals surface area contributed by atoms with Crippen LogP contribution in [0.5, 0.6) is 0 Å². The highest BCUT2D eigenvalue weighted by molar-refractivity contribution is 5.92. The van der Waals surface area contributed by atoms with E-state index in [4.69, 9.17) is 5.73 Å². The lowest BCUT2D eigenvalue weighted by atomic mass is 9.95. The zero-order valence-corrected chi connectivity index (χ0v) is 12.5. The van der Waals surface area contributed by atoms with Gasteiger partial charge in [0.05, 0.1) is 6.54 Å². The third kappa shape index (κ3) is 3.33. The Balaban J connectivity index is 1.61. The van der Waals surface area contributed by atoms with Gasteiger partial charge in [-0.15, -0.1) is 0 Å². The third-order valence-electron chi connectivity index (χ3n) is 4.28. The molecule has 1 aliphatic carbocycles. The lowest BCUT2D eigenvalue weighted by Crippen LogP contribution is -2.29. The van der Waals surface area contributed by atoms with Crippen molar-refractivity contribution < 1.29 is 4.79 Å². The number of rotatable bonds is 5. The molecule has 1 amide bonds. The summed E-state index contributed by atoms with van der Waals surface area (Å²) >= 11 is 0. The van der Waals surface area contributed by atoms with Crippen molar-refractivity contribution in [1.29, 1.82) is 0 Å². The maximum atomic E-state index is 12.3. The number of nitrogens with zero attached hydrogens (tertiary/aromatic N) is 3. The van der Waals surface area contributed by atoms with Crippen LogP contribution in [0, 0.1) is 11.8 Å². The van der Waals surface area contributed by atoms with Gasteiger partial charge in [-0.25, -0.2) is 0 Å². The second kappa shape index (κ2) is 6.70. The first kappa shape index (κ1) is 14.7. The highest BCUT2D eigenvalue weighted by atomic mass is 16.2. The SMILES string of the molecule is NC[C@H]1CCC[C@H]1C(=O)Nc1ccn(Cc2ccncc2)n1. The zero-order valence-electron chi connectivity index (χ0n) is 12.5. The summed E-state index contributed by atoms with van der Waals surface area (Å²) in [6, 6.07) is 5.72. The van der Waals surface area contributed by atoms with E-state index in [0.29, 0.717) is 24.8 Å². The minimum Gasteiger partial charge on any atom is -0.330 e.